The second kappa shape index (κ2) is 11.1. The first-order valence-electron chi connectivity index (χ1n) is 13.4. The number of aliphatic hydroxyl groups excluding tert-OH is 4. The Morgan fingerprint density at radius 3 is 2.49 bits per heavy atom. The van der Waals surface area contributed by atoms with E-state index in [1.165, 1.54) is 7.11 Å². The monoisotopic (exact) mass is 609 g/mol. The molecule has 1 fully saturated rings. The van der Waals surface area contributed by atoms with E-state index in [1.807, 2.05) is 30.3 Å². The lowest BCUT2D eigenvalue weighted by molar-refractivity contribution is -0.221. The van der Waals surface area contributed by atoms with Crippen LogP contribution in [0.1, 0.15) is 0 Å². The van der Waals surface area contributed by atoms with Gasteiger partial charge in [0.2, 0.25) is 10.0 Å². The lowest BCUT2D eigenvalue weighted by atomic mass is 9.98. The highest BCUT2D eigenvalue weighted by Crippen LogP contribution is 2.39. The van der Waals surface area contributed by atoms with Crippen molar-refractivity contribution >= 4 is 65.6 Å². The van der Waals surface area contributed by atoms with Crippen molar-refractivity contribution in [3.05, 3.63) is 60.7 Å². The molecule has 1 aliphatic heterocycles. The van der Waals surface area contributed by atoms with E-state index in [0.717, 1.165) is 33.7 Å². The first-order chi connectivity index (χ1) is 20.6. The van der Waals surface area contributed by atoms with E-state index < -0.39 is 47.3 Å². The van der Waals surface area contributed by atoms with Gasteiger partial charge >= 0.3 is 0 Å². The SMILES string of the molecule is COc1cc(NS(C)(=O)=O)ccc1Nc1c2ccccc2nc2c1[nH]c1cc(N[C@@H]3O[C@H](CO)[C@H](O)[C@H](O)[C@H]3O)ccc12. The fraction of sp³-hybridized carbons (Fsp3) is 0.276. The van der Waals surface area contributed by atoms with Crippen LogP contribution in [-0.4, -0.2) is 89.4 Å². The third-order valence-electron chi connectivity index (χ3n) is 7.39. The number of aromatic amines is 1. The van der Waals surface area contributed by atoms with E-state index in [4.69, 9.17) is 14.5 Å². The van der Waals surface area contributed by atoms with Crippen LogP contribution in [0.15, 0.2) is 60.7 Å². The normalized spacial score (nSPS) is 22.6. The highest BCUT2D eigenvalue weighted by Gasteiger charge is 2.43. The summed E-state index contributed by atoms with van der Waals surface area (Å²) in [7, 11) is -1.97. The Hall–Kier alpha value is -4.18. The number of nitrogens with one attached hydrogen (secondary N) is 4. The first kappa shape index (κ1) is 28.9. The lowest BCUT2D eigenvalue weighted by Crippen LogP contribution is -2.60. The van der Waals surface area contributed by atoms with Gasteiger partial charge in [0.1, 0.15) is 30.2 Å². The molecular weight excluding hydrogens is 578 g/mol. The molecule has 0 amide bonds. The van der Waals surface area contributed by atoms with Crippen LogP contribution < -0.4 is 20.1 Å². The Morgan fingerprint density at radius 2 is 1.74 bits per heavy atom. The van der Waals surface area contributed by atoms with Crippen LogP contribution in [0, 0.1) is 0 Å². The molecule has 3 aromatic carbocycles. The van der Waals surface area contributed by atoms with Gasteiger partial charge in [0.25, 0.3) is 0 Å². The van der Waals surface area contributed by atoms with E-state index in [2.05, 4.69) is 20.3 Å². The van der Waals surface area contributed by atoms with Crippen molar-refractivity contribution in [2.75, 3.05) is 35.3 Å². The summed E-state index contributed by atoms with van der Waals surface area (Å²) in [5.74, 6) is 0.421. The molecule has 43 heavy (non-hydrogen) atoms. The van der Waals surface area contributed by atoms with Crippen LogP contribution in [0.3, 0.4) is 0 Å². The van der Waals surface area contributed by atoms with Crippen LogP contribution in [0.25, 0.3) is 32.8 Å². The number of aliphatic hydroxyl groups is 4. The van der Waals surface area contributed by atoms with Gasteiger partial charge < -0.3 is 45.5 Å². The lowest BCUT2D eigenvalue weighted by Gasteiger charge is -2.40. The van der Waals surface area contributed by atoms with Gasteiger partial charge in [-0.2, -0.15) is 0 Å². The summed E-state index contributed by atoms with van der Waals surface area (Å²) < 4.78 is 37.1. The minimum atomic E-state index is -3.47. The number of rotatable bonds is 8. The molecule has 0 radical (unpaired) electrons. The van der Waals surface area contributed by atoms with E-state index in [0.29, 0.717) is 33.8 Å². The first-order valence-corrected chi connectivity index (χ1v) is 15.3. The van der Waals surface area contributed by atoms with Crippen molar-refractivity contribution in [1.82, 2.24) is 9.97 Å². The number of anilines is 4. The number of hydrogen-bond donors (Lipinski definition) is 8. The number of aromatic nitrogens is 2. The number of benzene rings is 3. The minimum Gasteiger partial charge on any atom is -0.494 e. The molecule has 14 heteroatoms. The Bertz CT molecular complexity index is 1930. The number of sulfonamides is 1. The fourth-order valence-corrected chi connectivity index (χ4v) is 5.88. The second-order valence-electron chi connectivity index (χ2n) is 10.4. The molecule has 1 saturated heterocycles. The predicted molar refractivity (Wildman–Crippen MR) is 163 cm³/mol. The van der Waals surface area contributed by atoms with E-state index in [9.17, 15) is 28.8 Å². The molecule has 5 atom stereocenters. The molecule has 6 rings (SSSR count). The molecule has 3 heterocycles. The molecule has 1 aliphatic rings. The van der Waals surface area contributed by atoms with Gasteiger partial charge in [-0.05, 0) is 36.4 Å². The molecule has 226 valence electrons. The van der Waals surface area contributed by atoms with Gasteiger partial charge in [0, 0.05) is 22.5 Å². The number of para-hydroxylation sites is 1. The maximum absolute atomic E-state index is 11.7. The zero-order chi connectivity index (χ0) is 30.5. The van der Waals surface area contributed by atoms with Crippen LogP contribution in [0.5, 0.6) is 5.75 Å². The smallest absolute Gasteiger partial charge is 0.229 e. The van der Waals surface area contributed by atoms with Crippen molar-refractivity contribution in [2.45, 2.75) is 30.6 Å². The minimum absolute atomic E-state index is 0.361. The van der Waals surface area contributed by atoms with E-state index in [-0.39, 0.29) is 0 Å². The average Bonchev–Trinajstić information content (AvgIpc) is 3.34. The fourth-order valence-electron chi connectivity index (χ4n) is 5.33. The van der Waals surface area contributed by atoms with Crippen molar-refractivity contribution in [1.29, 1.82) is 0 Å². The summed E-state index contributed by atoms with van der Waals surface area (Å²) in [5.41, 5.74) is 5.11. The summed E-state index contributed by atoms with van der Waals surface area (Å²) in [4.78, 5) is 8.34. The number of H-pyrrole nitrogens is 1. The number of ether oxygens (including phenoxy) is 2. The predicted octanol–water partition coefficient (Wildman–Crippen LogP) is 2.20. The highest BCUT2D eigenvalue weighted by atomic mass is 32.2. The van der Waals surface area contributed by atoms with E-state index in [1.54, 1.807) is 30.3 Å². The highest BCUT2D eigenvalue weighted by molar-refractivity contribution is 7.92. The van der Waals surface area contributed by atoms with Crippen molar-refractivity contribution in [2.24, 2.45) is 0 Å². The molecule has 0 unspecified atom stereocenters. The molecule has 0 aliphatic carbocycles. The van der Waals surface area contributed by atoms with Crippen LogP contribution in [0.2, 0.25) is 0 Å². The molecule has 0 saturated carbocycles. The molecule has 0 bridgehead atoms. The Kier molecular flexibility index (Phi) is 7.50. The Morgan fingerprint density at radius 1 is 0.977 bits per heavy atom. The summed E-state index contributed by atoms with van der Waals surface area (Å²) in [6, 6.07) is 18.0. The summed E-state index contributed by atoms with van der Waals surface area (Å²) in [6.45, 7) is -0.527. The van der Waals surface area contributed by atoms with Gasteiger partial charge in [-0.25, -0.2) is 13.4 Å². The number of hydrogen-bond acceptors (Lipinski definition) is 11. The quantitative estimate of drug-likeness (QED) is 0.128. The molecule has 8 N–H and O–H groups in total. The van der Waals surface area contributed by atoms with Crippen LogP contribution in [-0.2, 0) is 14.8 Å². The van der Waals surface area contributed by atoms with Crippen LogP contribution >= 0.6 is 0 Å². The van der Waals surface area contributed by atoms with Gasteiger partial charge in [-0.3, -0.25) is 4.72 Å². The maximum atomic E-state index is 11.7. The molecular formula is C29H31N5O8S. The zero-order valence-corrected chi connectivity index (χ0v) is 24.0. The van der Waals surface area contributed by atoms with Crippen molar-refractivity contribution in [3.8, 4) is 5.75 Å². The zero-order valence-electron chi connectivity index (χ0n) is 23.1. The third-order valence-corrected chi connectivity index (χ3v) is 8.00. The van der Waals surface area contributed by atoms with Crippen LogP contribution in [0.4, 0.5) is 22.7 Å². The second-order valence-corrected chi connectivity index (χ2v) is 12.2. The Balaban J connectivity index is 1.41. The van der Waals surface area contributed by atoms with Crippen molar-refractivity contribution < 1.29 is 38.3 Å². The van der Waals surface area contributed by atoms with Gasteiger partial charge in [-0.1, -0.05) is 18.2 Å². The van der Waals surface area contributed by atoms with Gasteiger partial charge in [-0.15, -0.1) is 0 Å². The number of nitrogens with zero attached hydrogens (tertiary/aromatic N) is 1. The number of fused-ring (bicyclic) bond motifs is 4. The number of pyridine rings is 1. The largest absolute Gasteiger partial charge is 0.494 e. The van der Waals surface area contributed by atoms with Gasteiger partial charge in [0.05, 0.1) is 59.1 Å². The molecule has 0 spiro atoms. The standard InChI is InChI=1S/C29H31N5O8S/c1-41-21-12-15(34-43(2,39)40)8-10-19(21)32-23-16-5-3-4-6-18(16)31-24-17-9-7-14(11-20(17)33-25(23)24)30-29-28(38)27(37)26(36)22(13-35)42-29/h3-12,22,26-30,33-38H,13H2,1-2H3,(H,31,32)/t22-,26+,27+,28-,29-/m1/s1. The molecule has 13 nitrogen and oxygen atoms in total. The molecule has 5 aromatic rings. The Labute approximate surface area is 246 Å². The molecule has 2 aromatic heterocycles. The summed E-state index contributed by atoms with van der Waals surface area (Å²) in [6.07, 6.45) is -5.43. The van der Waals surface area contributed by atoms with E-state index >= 15 is 0 Å². The summed E-state index contributed by atoms with van der Waals surface area (Å²) in [5, 5.41) is 48.4. The topological polar surface area (TPSA) is 198 Å². The maximum Gasteiger partial charge on any atom is 0.229 e. The van der Waals surface area contributed by atoms with Crippen molar-refractivity contribution in [3.63, 3.8) is 0 Å². The number of methoxy groups -OCH3 is 1. The third kappa shape index (κ3) is 5.51. The van der Waals surface area contributed by atoms with Gasteiger partial charge in [0.15, 0.2) is 6.23 Å². The summed E-state index contributed by atoms with van der Waals surface area (Å²) >= 11 is 0. The average molecular weight is 610 g/mol.